The van der Waals surface area contributed by atoms with Crippen LogP contribution in [-0.2, 0) is 9.59 Å². The molecule has 3 fully saturated rings. The largest absolute Gasteiger partial charge is 0.272 e. The topological polar surface area (TPSA) is 47.1 Å². The van der Waals surface area contributed by atoms with Gasteiger partial charge in [0.25, 0.3) is 11.8 Å². The van der Waals surface area contributed by atoms with Crippen molar-refractivity contribution < 1.29 is 9.59 Å². The van der Waals surface area contributed by atoms with Crippen LogP contribution in [0.5, 0.6) is 0 Å². The highest BCUT2D eigenvalue weighted by molar-refractivity contribution is 5.76. The van der Waals surface area contributed by atoms with Gasteiger partial charge in [-0.05, 0) is 12.8 Å². The first kappa shape index (κ1) is 11.3. The Hall–Kier alpha value is -1.14. The second-order valence-corrected chi connectivity index (χ2v) is 4.22. The van der Waals surface area contributed by atoms with Gasteiger partial charge in [0.2, 0.25) is 0 Å². The molecular weight excluding hydrogens is 208 g/mol. The zero-order chi connectivity index (χ0) is 11.7. The number of hydrogen-bond donors (Lipinski definition) is 0. The standard InChI is InChI=1S/C10H18N4O2/c1-9(15)13-11-7-5-3-4-6-8-12(13)14(11)10(2)16/h3-8H2,1-2H3. The number of fused-ring (bicyclic) bond motifs is 5. The highest BCUT2D eigenvalue weighted by atomic mass is 16.3. The van der Waals surface area contributed by atoms with Crippen molar-refractivity contribution in [2.45, 2.75) is 39.5 Å². The van der Waals surface area contributed by atoms with Crippen LogP contribution in [0.25, 0.3) is 0 Å². The summed E-state index contributed by atoms with van der Waals surface area (Å²) in [5.41, 5.74) is 0. The van der Waals surface area contributed by atoms with Gasteiger partial charge in [-0.15, -0.1) is 0 Å². The maximum Gasteiger partial charge on any atom is 0.251 e. The average molecular weight is 226 g/mol. The summed E-state index contributed by atoms with van der Waals surface area (Å²) in [6.07, 6.45) is 4.34. The van der Waals surface area contributed by atoms with E-state index in [1.54, 1.807) is 20.5 Å². The van der Waals surface area contributed by atoms with Gasteiger partial charge in [0.05, 0.1) is 0 Å². The molecule has 0 aromatic heterocycles. The molecule has 3 aliphatic heterocycles. The third kappa shape index (κ3) is 1.78. The molecule has 6 nitrogen and oxygen atoms in total. The van der Waals surface area contributed by atoms with E-state index in [2.05, 4.69) is 0 Å². The van der Waals surface area contributed by atoms with Crippen LogP contribution in [0.1, 0.15) is 39.5 Å². The molecule has 2 amide bonds. The van der Waals surface area contributed by atoms with Crippen molar-refractivity contribution in [2.24, 2.45) is 0 Å². The molecular formula is C10H18N4O2. The second kappa shape index (κ2) is 4.39. The Bertz CT molecular complexity index is 269. The lowest BCUT2D eigenvalue weighted by atomic mass is 10.2. The third-order valence-corrected chi connectivity index (χ3v) is 2.90. The summed E-state index contributed by atoms with van der Waals surface area (Å²) >= 11 is 0. The molecule has 0 aliphatic carbocycles. The van der Waals surface area contributed by atoms with E-state index in [0.29, 0.717) is 0 Å². The van der Waals surface area contributed by atoms with Gasteiger partial charge in [-0.25, -0.2) is 0 Å². The first-order valence-corrected chi connectivity index (χ1v) is 5.79. The SMILES string of the molecule is CC(=O)N1N2CCCCCCN1N2C(C)=O. The molecule has 3 heterocycles. The van der Waals surface area contributed by atoms with E-state index in [9.17, 15) is 9.59 Å². The number of carbonyl (C=O) groups excluding carboxylic acids is 2. The summed E-state index contributed by atoms with van der Waals surface area (Å²) < 4.78 is 0. The molecule has 0 N–H and O–H groups in total. The van der Waals surface area contributed by atoms with Crippen molar-refractivity contribution in [1.82, 2.24) is 20.5 Å². The van der Waals surface area contributed by atoms with Crippen LogP contribution >= 0.6 is 0 Å². The molecule has 0 radical (unpaired) electrons. The minimum atomic E-state index is -0.0422. The van der Waals surface area contributed by atoms with Crippen LogP contribution in [0.15, 0.2) is 0 Å². The summed E-state index contributed by atoms with van der Waals surface area (Å²) in [7, 11) is 0. The number of nitrogens with zero attached hydrogens (tertiary/aromatic N) is 4. The van der Waals surface area contributed by atoms with Gasteiger partial charge in [-0.1, -0.05) is 23.1 Å². The van der Waals surface area contributed by atoms with Gasteiger partial charge in [-0.3, -0.25) is 9.59 Å². The molecule has 0 unspecified atom stereocenters. The molecule has 6 heteroatoms. The maximum atomic E-state index is 11.5. The van der Waals surface area contributed by atoms with Gasteiger partial charge in [0.15, 0.2) is 0 Å². The Morgan fingerprint density at radius 3 is 1.44 bits per heavy atom. The number of rotatable bonds is 0. The first-order chi connectivity index (χ1) is 7.63. The van der Waals surface area contributed by atoms with Crippen LogP contribution in [0, 0.1) is 0 Å². The van der Waals surface area contributed by atoms with E-state index in [1.165, 1.54) is 13.8 Å². The van der Waals surface area contributed by atoms with E-state index in [4.69, 9.17) is 0 Å². The van der Waals surface area contributed by atoms with Crippen molar-refractivity contribution in [3.63, 3.8) is 0 Å². The van der Waals surface area contributed by atoms with Crippen LogP contribution in [-0.4, -0.2) is 45.4 Å². The lowest BCUT2D eigenvalue weighted by molar-refractivity contribution is -0.459. The number of hydrazine groups is 4. The lowest BCUT2D eigenvalue weighted by Gasteiger charge is -2.58. The predicted octanol–water partition coefficient (Wildman–Crippen LogP) is 0.535. The van der Waals surface area contributed by atoms with Crippen LogP contribution in [0.3, 0.4) is 0 Å². The van der Waals surface area contributed by atoms with E-state index in [0.717, 1.165) is 38.8 Å². The summed E-state index contributed by atoms with van der Waals surface area (Å²) in [5, 5.41) is 6.59. The third-order valence-electron chi connectivity index (χ3n) is 2.90. The van der Waals surface area contributed by atoms with Crippen molar-refractivity contribution in [3.8, 4) is 0 Å². The van der Waals surface area contributed by atoms with E-state index >= 15 is 0 Å². The smallest absolute Gasteiger partial charge is 0.251 e. The highest BCUT2D eigenvalue weighted by Gasteiger charge is 2.46. The van der Waals surface area contributed by atoms with Gasteiger partial charge in [0, 0.05) is 26.9 Å². The zero-order valence-corrected chi connectivity index (χ0v) is 9.85. The van der Waals surface area contributed by atoms with Crippen LogP contribution in [0.2, 0.25) is 0 Å². The molecule has 3 rings (SSSR count). The number of amides is 2. The van der Waals surface area contributed by atoms with Gasteiger partial charge < -0.3 is 0 Å². The summed E-state index contributed by atoms with van der Waals surface area (Å²) in [5.74, 6) is -0.0844. The second-order valence-electron chi connectivity index (χ2n) is 4.22. The Labute approximate surface area is 95.3 Å². The molecule has 16 heavy (non-hydrogen) atoms. The zero-order valence-electron chi connectivity index (χ0n) is 9.85. The normalized spacial score (nSPS) is 29.9. The molecule has 0 spiro atoms. The van der Waals surface area contributed by atoms with Crippen molar-refractivity contribution in [3.05, 3.63) is 0 Å². The Kier molecular flexibility index (Phi) is 3.11. The molecule has 0 atom stereocenters. The molecule has 0 saturated carbocycles. The quantitative estimate of drug-likeness (QED) is 0.604. The highest BCUT2D eigenvalue weighted by Crippen LogP contribution is 2.27. The molecule has 3 saturated heterocycles. The minimum absolute atomic E-state index is 0.0422. The Morgan fingerprint density at radius 2 is 1.12 bits per heavy atom. The van der Waals surface area contributed by atoms with Gasteiger partial charge in [0.1, 0.15) is 0 Å². The lowest BCUT2D eigenvalue weighted by Crippen LogP contribution is -2.79. The fourth-order valence-electron chi connectivity index (χ4n) is 2.26. The molecule has 2 bridgehead atoms. The summed E-state index contributed by atoms with van der Waals surface area (Å²) in [6, 6.07) is 0. The van der Waals surface area contributed by atoms with Crippen molar-refractivity contribution in [2.75, 3.05) is 13.1 Å². The molecule has 3 aliphatic rings. The fourth-order valence-corrected chi connectivity index (χ4v) is 2.26. The van der Waals surface area contributed by atoms with E-state index in [1.807, 2.05) is 0 Å². The summed E-state index contributed by atoms with van der Waals surface area (Å²) in [6.45, 7) is 4.51. The molecule has 0 aromatic rings. The first-order valence-electron chi connectivity index (χ1n) is 5.79. The molecule has 0 aromatic carbocycles. The van der Waals surface area contributed by atoms with E-state index in [-0.39, 0.29) is 11.8 Å². The Balaban J connectivity index is 2.17. The van der Waals surface area contributed by atoms with Crippen LogP contribution < -0.4 is 0 Å². The fraction of sp³-hybridized carbons (Fsp3) is 0.800. The monoisotopic (exact) mass is 226 g/mol. The number of carbonyl (C=O) groups is 2. The van der Waals surface area contributed by atoms with Gasteiger partial charge in [-0.2, -0.15) is 10.2 Å². The summed E-state index contributed by atoms with van der Waals surface area (Å²) in [4.78, 5) is 23.0. The average Bonchev–Trinajstić information content (AvgIpc) is 2.30. The predicted molar refractivity (Wildman–Crippen MR) is 56.9 cm³/mol. The van der Waals surface area contributed by atoms with Gasteiger partial charge >= 0.3 is 0 Å². The van der Waals surface area contributed by atoms with Crippen LogP contribution in [0.4, 0.5) is 0 Å². The molecule has 90 valence electrons. The Morgan fingerprint density at radius 1 is 0.750 bits per heavy atom. The van der Waals surface area contributed by atoms with Crippen molar-refractivity contribution in [1.29, 1.82) is 0 Å². The maximum absolute atomic E-state index is 11.5. The van der Waals surface area contributed by atoms with Crippen molar-refractivity contribution >= 4 is 11.8 Å². The van der Waals surface area contributed by atoms with E-state index < -0.39 is 0 Å². The minimum Gasteiger partial charge on any atom is -0.272 e. The number of hydrogen-bond acceptors (Lipinski definition) is 4.